The molecule has 1 atom stereocenters. The average Bonchev–Trinajstić information content (AvgIpc) is 3.27. The zero-order valence-electron chi connectivity index (χ0n) is 12.2. The predicted octanol–water partition coefficient (Wildman–Crippen LogP) is 2.62. The van der Waals surface area contributed by atoms with Crippen LogP contribution in [0.5, 0.6) is 0 Å². The van der Waals surface area contributed by atoms with Crippen molar-refractivity contribution < 1.29 is 14.9 Å². The molecule has 0 saturated heterocycles. The molecule has 3 aliphatic rings. The Morgan fingerprint density at radius 1 is 1.14 bits per heavy atom. The predicted molar refractivity (Wildman–Crippen MR) is 82.7 cm³/mol. The number of fused-ring (bicyclic) bond motifs is 2. The van der Waals surface area contributed by atoms with Gasteiger partial charge in [0.1, 0.15) is 5.76 Å². The number of aryl methyl sites for hydroxylation is 1. The minimum absolute atomic E-state index is 0.429. The maximum Gasteiger partial charge on any atom is 0.310 e. The first kappa shape index (κ1) is 13.4. The van der Waals surface area contributed by atoms with Crippen LogP contribution in [-0.2, 0) is 4.74 Å². The molecule has 1 aromatic rings. The molecule has 2 aliphatic heterocycles. The summed E-state index contributed by atoms with van der Waals surface area (Å²) < 4.78 is 4.94. The minimum Gasteiger partial charge on any atom is -0.440 e. The van der Waals surface area contributed by atoms with Crippen molar-refractivity contribution in [1.29, 1.82) is 0 Å². The van der Waals surface area contributed by atoms with Gasteiger partial charge in [-0.15, -0.1) is 0 Å². The van der Waals surface area contributed by atoms with Crippen LogP contribution >= 0.6 is 0 Å². The highest BCUT2D eigenvalue weighted by Crippen LogP contribution is 2.53. The van der Waals surface area contributed by atoms with Gasteiger partial charge in [-0.05, 0) is 42.2 Å². The van der Waals surface area contributed by atoms with Gasteiger partial charge in [-0.25, -0.2) is 0 Å². The van der Waals surface area contributed by atoms with E-state index < -0.39 is 6.48 Å². The number of aliphatic hydroxyl groups excluding tert-OH is 1. The van der Waals surface area contributed by atoms with E-state index in [9.17, 15) is 0 Å². The van der Waals surface area contributed by atoms with Gasteiger partial charge in [0.15, 0.2) is 0 Å². The van der Waals surface area contributed by atoms with E-state index in [0.717, 1.165) is 6.42 Å². The first-order chi connectivity index (χ1) is 10.6. The second-order valence-corrected chi connectivity index (χ2v) is 5.83. The molecular formula is C18H17NO3. The molecule has 112 valence electrons. The third kappa shape index (κ3) is 2.26. The minimum atomic E-state index is -1.80. The Morgan fingerprint density at radius 3 is 2.64 bits per heavy atom. The van der Waals surface area contributed by atoms with Gasteiger partial charge >= 0.3 is 6.48 Å². The van der Waals surface area contributed by atoms with Crippen LogP contribution in [0.3, 0.4) is 0 Å². The number of hydrogen-bond donors (Lipinski definition) is 2. The molecule has 0 unspecified atom stereocenters. The topological polar surface area (TPSA) is 52.9 Å². The van der Waals surface area contributed by atoms with Crippen molar-refractivity contribution in [3.63, 3.8) is 0 Å². The molecule has 0 spiro atoms. The normalized spacial score (nSPS) is 22.2. The van der Waals surface area contributed by atoms with Gasteiger partial charge < -0.3 is 19.8 Å². The first-order valence-corrected chi connectivity index (χ1v) is 7.34. The van der Waals surface area contributed by atoms with Gasteiger partial charge in [-0.2, -0.15) is 0 Å². The number of benzene rings is 1. The van der Waals surface area contributed by atoms with Crippen LogP contribution in [0.1, 0.15) is 17.5 Å². The molecule has 22 heavy (non-hydrogen) atoms. The van der Waals surface area contributed by atoms with Crippen molar-refractivity contribution in [2.75, 3.05) is 0 Å². The Kier molecular flexibility index (Phi) is 2.96. The van der Waals surface area contributed by atoms with E-state index in [2.05, 4.69) is 37.4 Å². The third-order valence-corrected chi connectivity index (χ3v) is 4.24. The number of rotatable bonds is 3. The number of aliphatic hydroxyl groups is 2. The fourth-order valence-electron chi connectivity index (χ4n) is 3.07. The summed E-state index contributed by atoms with van der Waals surface area (Å²) in [5, 5.41) is 17.9. The van der Waals surface area contributed by atoms with E-state index in [4.69, 9.17) is 14.9 Å². The quantitative estimate of drug-likeness (QED) is 0.842. The highest BCUT2D eigenvalue weighted by atomic mass is 16.7. The maximum absolute atomic E-state index is 8.93. The summed E-state index contributed by atoms with van der Waals surface area (Å²) >= 11 is 0. The van der Waals surface area contributed by atoms with Crippen molar-refractivity contribution in [2.24, 2.45) is 5.92 Å². The molecule has 0 amide bonds. The zero-order valence-corrected chi connectivity index (χ0v) is 12.2. The molecule has 2 heterocycles. The maximum atomic E-state index is 8.93. The summed E-state index contributed by atoms with van der Waals surface area (Å²) in [4.78, 5) is 2.01. The lowest BCUT2D eigenvalue weighted by atomic mass is 9.98. The number of hydrogen-bond acceptors (Lipinski definition) is 4. The second kappa shape index (κ2) is 4.87. The summed E-state index contributed by atoms with van der Waals surface area (Å²) in [6.07, 6.45) is 8.71. The van der Waals surface area contributed by atoms with Gasteiger partial charge in [0.05, 0.1) is 6.20 Å². The lowest BCUT2D eigenvalue weighted by Gasteiger charge is -2.27. The van der Waals surface area contributed by atoms with E-state index in [1.165, 1.54) is 28.0 Å². The monoisotopic (exact) mass is 295 g/mol. The molecule has 2 N–H and O–H groups in total. The second-order valence-electron chi connectivity index (χ2n) is 5.83. The Labute approximate surface area is 128 Å². The summed E-state index contributed by atoms with van der Waals surface area (Å²) in [5.41, 5.74) is 6.38. The van der Waals surface area contributed by atoms with Gasteiger partial charge in [0.25, 0.3) is 0 Å². The van der Waals surface area contributed by atoms with E-state index >= 15 is 0 Å². The smallest absolute Gasteiger partial charge is 0.310 e. The van der Waals surface area contributed by atoms with Crippen LogP contribution in [0, 0.1) is 12.8 Å². The Morgan fingerprint density at radius 2 is 1.91 bits per heavy atom. The number of nitrogens with zero attached hydrogens (tertiary/aromatic N) is 1. The van der Waals surface area contributed by atoms with Crippen LogP contribution in [-0.4, -0.2) is 21.6 Å². The molecule has 0 bridgehead atoms. The molecule has 1 aliphatic carbocycles. The van der Waals surface area contributed by atoms with Crippen LogP contribution in [0.25, 0.3) is 5.57 Å². The lowest BCUT2D eigenvalue weighted by molar-refractivity contribution is -0.210. The first-order valence-electron chi connectivity index (χ1n) is 7.34. The van der Waals surface area contributed by atoms with E-state index in [-0.39, 0.29) is 0 Å². The van der Waals surface area contributed by atoms with E-state index in [1.807, 2.05) is 11.0 Å². The highest BCUT2D eigenvalue weighted by molar-refractivity contribution is 5.77. The average molecular weight is 295 g/mol. The summed E-state index contributed by atoms with van der Waals surface area (Å²) in [5.74, 6) is 0.941. The summed E-state index contributed by atoms with van der Waals surface area (Å²) in [7, 11) is 0. The summed E-state index contributed by atoms with van der Waals surface area (Å²) in [6.45, 7) is 0.283. The van der Waals surface area contributed by atoms with Crippen molar-refractivity contribution in [3.05, 3.63) is 77.0 Å². The SMILES string of the molecule is Cc1ccc(C2=CN3C=C(OC(O)O)C=CC3=C3C[C@@H]23)cc1. The molecule has 4 heteroatoms. The largest absolute Gasteiger partial charge is 0.440 e. The number of allylic oxidation sites excluding steroid dienone is 4. The fourth-order valence-corrected chi connectivity index (χ4v) is 3.07. The molecule has 0 radical (unpaired) electrons. The van der Waals surface area contributed by atoms with Crippen LogP contribution in [0.2, 0.25) is 0 Å². The van der Waals surface area contributed by atoms with Crippen LogP contribution in [0.15, 0.2) is 65.8 Å². The summed E-state index contributed by atoms with van der Waals surface area (Å²) in [6, 6.07) is 8.56. The Bertz CT molecular complexity index is 738. The van der Waals surface area contributed by atoms with Crippen molar-refractivity contribution in [3.8, 4) is 0 Å². The van der Waals surface area contributed by atoms with Gasteiger partial charge in [-0.3, -0.25) is 0 Å². The standard InChI is InChI=1S/C18H17NO3/c1-11-2-4-12(5-3-11)16-10-19-9-13(22-18(20)21)6-7-17(19)15-8-14(15)16/h2-7,9-10,14,18,20-21H,8H2,1H3/t14-/m1/s1. The van der Waals surface area contributed by atoms with Gasteiger partial charge in [0.2, 0.25) is 0 Å². The van der Waals surface area contributed by atoms with Crippen molar-refractivity contribution in [1.82, 2.24) is 4.90 Å². The van der Waals surface area contributed by atoms with E-state index in [1.54, 1.807) is 12.3 Å². The Balaban J connectivity index is 1.67. The molecular weight excluding hydrogens is 278 g/mol. The highest BCUT2D eigenvalue weighted by Gasteiger charge is 2.41. The molecule has 0 aromatic heterocycles. The molecule has 1 fully saturated rings. The molecule has 1 aromatic carbocycles. The van der Waals surface area contributed by atoms with Crippen LogP contribution < -0.4 is 0 Å². The lowest BCUT2D eigenvalue weighted by Crippen LogP contribution is -2.19. The van der Waals surface area contributed by atoms with Crippen molar-refractivity contribution in [2.45, 2.75) is 19.8 Å². The molecule has 4 rings (SSSR count). The van der Waals surface area contributed by atoms with Gasteiger partial charge in [-0.1, -0.05) is 29.8 Å². The zero-order chi connectivity index (χ0) is 15.3. The van der Waals surface area contributed by atoms with Crippen LogP contribution in [0.4, 0.5) is 0 Å². The third-order valence-electron chi connectivity index (χ3n) is 4.24. The number of ether oxygens (including phenoxy) is 1. The molecule has 4 nitrogen and oxygen atoms in total. The van der Waals surface area contributed by atoms with E-state index in [0.29, 0.717) is 11.7 Å². The fraction of sp³-hybridized carbons (Fsp3) is 0.222. The van der Waals surface area contributed by atoms with Crippen molar-refractivity contribution >= 4 is 5.57 Å². The molecule has 1 saturated carbocycles. The Hall–Kier alpha value is -2.30. The van der Waals surface area contributed by atoms with Gasteiger partial charge in [0, 0.05) is 17.8 Å².